The second-order valence-electron chi connectivity index (χ2n) is 9.15. The molecule has 1 aliphatic heterocycles. The highest BCUT2D eigenvalue weighted by atomic mass is 16.2. The Morgan fingerprint density at radius 3 is 2.22 bits per heavy atom. The predicted octanol–water partition coefficient (Wildman–Crippen LogP) is 3.60. The summed E-state index contributed by atoms with van der Waals surface area (Å²) in [6, 6.07) is 5.60. The van der Waals surface area contributed by atoms with Crippen molar-refractivity contribution in [2.24, 2.45) is 11.8 Å². The van der Waals surface area contributed by atoms with Crippen LogP contribution in [-0.4, -0.2) is 66.8 Å². The van der Waals surface area contributed by atoms with E-state index < -0.39 is 0 Å². The molecule has 3 amide bonds. The van der Waals surface area contributed by atoms with Gasteiger partial charge in [0.05, 0.1) is 5.56 Å². The smallest absolute Gasteiger partial charge is 0.256 e. The van der Waals surface area contributed by atoms with Crippen molar-refractivity contribution in [1.82, 2.24) is 9.80 Å². The molecule has 7 nitrogen and oxygen atoms in total. The Labute approximate surface area is 192 Å². The lowest BCUT2D eigenvalue weighted by Crippen LogP contribution is -2.50. The molecule has 7 heteroatoms. The maximum Gasteiger partial charge on any atom is 0.256 e. The van der Waals surface area contributed by atoms with Crippen molar-refractivity contribution >= 4 is 29.1 Å². The molecule has 0 unspecified atom stereocenters. The SMILES string of the molecule is CCN(CC)C(=O)c1cc(NC(=O)C(C)C)ccc1N1CCN(C(=O)C2CCCC2)CC1. The van der Waals surface area contributed by atoms with Crippen LogP contribution >= 0.6 is 0 Å². The lowest BCUT2D eigenvalue weighted by molar-refractivity contribution is -0.135. The monoisotopic (exact) mass is 442 g/mol. The Bertz CT molecular complexity index is 820. The van der Waals surface area contributed by atoms with E-state index in [1.807, 2.05) is 44.7 Å². The van der Waals surface area contributed by atoms with E-state index in [9.17, 15) is 14.4 Å². The highest BCUT2D eigenvalue weighted by Gasteiger charge is 2.30. The molecule has 1 heterocycles. The third-order valence-electron chi connectivity index (χ3n) is 6.71. The summed E-state index contributed by atoms with van der Waals surface area (Å²) in [5.41, 5.74) is 2.11. The molecule has 3 rings (SSSR count). The van der Waals surface area contributed by atoms with Crippen LogP contribution < -0.4 is 10.2 Å². The second-order valence-corrected chi connectivity index (χ2v) is 9.15. The average Bonchev–Trinajstić information content (AvgIpc) is 3.34. The molecular formula is C25H38N4O3. The van der Waals surface area contributed by atoms with Crippen molar-refractivity contribution in [3.63, 3.8) is 0 Å². The first-order valence-electron chi connectivity index (χ1n) is 12.1. The first-order valence-corrected chi connectivity index (χ1v) is 12.1. The van der Waals surface area contributed by atoms with Gasteiger partial charge in [0, 0.05) is 62.5 Å². The molecular weight excluding hydrogens is 404 g/mol. The zero-order valence-electron chi connectivity index (χ0n) is 20.0. The molecule has 32 heavy (non-hydrogen) atoms. The Hall–Kier alpha value is -2.57. The molecule has 0 bridgehead atoms. The fourth-order valence-electron chi connectivity index (χ4n) is 4.63. The van der Waals surface area contributed by atoms with Crippen LogP contribution in [0.3, 0.4) is 0 Å². The summed E-state index contributed by atoms with van der Waals surface area (Å²) in [5.74, 6) is 0.258. The van der Waals surface area contributed by atoms with Gasteiger partial charge in [0.1, 0.15) is 0 Å². The number of nitrogens with one attached hydrogen (secondary N) is 1. The number of carbonyl (C=O) groups excluding carboxylic acids is 3. The standard InChI is InChI=1S/C25H38N4O3/c1-5-27(6-2)25(32)21-17-20(26-23(30)18(3)4)11-12-22(21)28-13-15-29(16-14-28)24(31)19-9-7-8-10-19/h11-12,17-19H,5-10,13-16H2,1-4H3,(H,26,30). The van der Waals surface area contributed by atoms with Gasteiger partial charge < -0.3 is 20.0 Å². The minimum atomic E-state index is -0.137. The molecule has 0 atom stereocenters. The lowest BCUT2D eigenvalue weighted by atomic mass is 10.0. The minimum absolute atomic E-state index is 0.0323. The third kappa shape index (κ3) is 5.43. The lowest BCUT2D eigenvalue weighted by Gasteiger charge is -2.38. The second kappa shape index (κ2) is 10.8. The molecule has 1 aromatic rings. The molecule has 1 aromatic carbocycles. The van der Waals surface area contributed by atoms with Crippen molar-refractivity contribution in [3.05, 3.63) is 23.8 Å². The number of anilines is 2. The van der Waals surface area contributed by atoms with E-state index in [0.717, 1.165) is 31.4 Å². The maximum atomic E-state index is 13.3. The van der Waals surface area contributed by atoms with Gasteiger partial charge in [0.15, 0.2) is 0 Å². The van der Waals surface area contributed by atoms with E-state index in [-0.39, 0.29) is 23.7 Å². The van der Waals surface area contributed by atoms with Gasteiger partial charge in [-0.05, 0) is 44.9 Å². The van der Waals surface area contributed by atoms with Crippen LogP contribution in [0.4, 0.5) is 11.4 Å². The van der Waals surface area contributed by atoms with Gasteiger partial charge in [-0.2, -0.15) is 0 Å². The van der Waals surface area contributed by atoms with Crippen molar-refractivity contribution in [2.75, 3.05) is 49.5 Å². The van der Waals surface area contributed by atoms with E-state index in [2.05, 4.69) is 10.2 Å². The van der Waals surface area contributed by atoms with Gasteiger partial charge in [-0.15, -0.1) is 0 Å². The van der Waals surface area contributed by atoms with Crippen LogP contribution in [0, 0.1) is 11.8 Å². The number of rotatable bonds is 7. The summed E-state index contributed by atoms with van der Waals surface area (Å²) < 4.78 is 0. The third-order valence-corrected chi connectivity index (χ3v) is 6.71. The van der Waals surface area contributed by atoms with Crippen molar-refractivity contribution in [2.45, 2.75) is 53.4 Å². The van der Waals surface area contributed by atoms with Crippen molar-refractivity contribution in [3.8, 4) is 0 Å². The van der Waals surface area contributed by atoms with Gasteiger partial charge in [-0.1, -0.05) is 26.7 Å². The summed E-state index contributed by atoms with van der Waals surface area (Å²) >= 11 is 0. The molecule has 176 valence electrons. The van der Waals surface area contributed by atoms with E-state index in [0.29, 0.717) is 56.4 Å². The normalized spacial score (nSPS) is 17.0. The Morgan fingerprint density at radius 2 is 1.66 bits per heavy atom. The summed E-state index contributed by atoms with van der Waals surface area (Å²) in [5, 5.41) is 2.91. The molecule has 1 saturated heterocycles. The van der Waals surface area contributed by atoms with Crippen molar-refractivity contribution < 1.29 is 14.4 Å². The fraction of sp³-hybridized carbons (Fsp3) is 0.640. The van der Waals surface area contributed by atoms with Crippen LogP contribution in [0.5, 0.6) is 0 Å². The Balaban J connectivity index is 1.79. The molecule has 1 saturated carbocycles. The summed E-state index contributed by atoms with van der Waals surface area (Å²) in [4.78, 5) is 44.3. The van der Waals surface area contributed by atoms with E-state index in [1.54, 1.807) is 11.0 Å². The molecule has 1 N–H and O–H groups in total. The van der Waals surface area contributed by atoms with Crippen LogP contribution in [0.25, 0.3) is 0 Å². The van der Waals surface area contributed by atoms with Crippen molar-refractivity contribution in [1.29, 1.82) is 0 Å². The molecule has 0 spiro atoms. The zero-order valence-corrected chi connectivity index (χ0v) is 20.0. The number of piperazine rings is 1. The summed E-state index contributed by atoms with van der Waals surface area (Å²) in [6.45, 7) is 11.7. The molecule has 0 aromatic heterocycles. The predicted molar refractivity (Wildman–Crippen MR) is 128 cm³/mol. The van der Waals surface area contributed by atoms with E-state index in [1.165, 1.54) is 0 Å². The van der Waals surface area contributed by atoms with Gasteiger partial charge >= 0.3 is 0 Å². The van der Waals surface area contributed by atoms with Gasteiger partial charge in [0.25, 0.3) is 5.91 Å². The highest BCUT2D eigenvalue weighted by Crippen LogP contribution is 2.30. The molecule has 2 fully saturated rings. The minimum Gasteiger partial charge on any atom is -0.367 e. The Kier molecular flexibility index (Phi) is 8.15. The number of hydrogen-bond acceptors (Lipinski definition) is 4. The summed E-state index contributed by atoms with van der Waals surface area (Å²) in [6.07, 6.45) is 4.36. The summed E-state index contributed by atoms with van der Waals surface area (Å²) in [7, 11) is 0. The molecule has 1 aliphatic carbocycles. The maximum absolute atomic E-state index is 13.3. The first kappa shape index (κ1) is 24.1. The van der Waals surface area contributed by atoms with Crippen LogP contribution in [0.2, 0.25) is 0 Å². The number of carbonyl (C=O) groups is 3. The highest BCUT2D eigenvalue weighted by molar-refractivity contribution is 6.02. The van der Waals surface area contributed by atoms with Gasteiger partial charge in [0.2, 0.25) is 11.8 Å². The largest absolute Gasteiger partial charge is 0.367 e. The van der Waals surface area contributed by atoms with Gasteiger partial charge in [-0.25, -0.2) is 0 Å². The topological polar surface area (TPSA) is 73.0 Å². The van der Waals surface area contributed by atoms with Crippen LogP contribution in [-0.2, 0) is 9.59 Å². The van der Waals surface area contributed by atoms with Crippen LogP contribution in [0.15, 0.2) is 18.2 Å². The number of hydrogen-bond donors (Lipinski definition) is 1. The number of amides is 3. The number of nitrogens with zero attached hydrogens (tertiary/aromatic N) is 3. The Morgan fingerprint density at radius 1 is 1.03 bits per heavy atom. The van der Waals surface area contributed by atoms with E-state index >= 15 is 0 Å². The zero-order chi connectivity index (χ0) is 23.3. The molecule has 0 radical (unpaired) electrons. The number of benzene rings is 1. The first-order chi connectivity index (χ1) is 15.3. The molecule has 2 aliphatic rings. The quantitative estimate of drug-likeness (QED) is 0.700. The fourth-order valence-corrected chi connectivity index (χ4v) is 4.63. The van der Waals surface area contributed by atoms with Gasteiger partial charge in [-0.3, -0.25) is 14.4 Å². The average molecular weight is 443 g/mol. The van der Waals surface area contributed by atoms with E-state index in [4.69, 9.17) is 0 Å². The van der Waals surface area contributed by atoms with Crippen LogP contribution in [0.1, 0.15) is 63.7 Å².